The molecule has 0 atom stereocenters. The van der Waals surface area contributed by atoms with Gasteiger partial charge < -0.3 is 9.64 Å². The first-order valence-corrected chi connectivity index (χ1v) is 7.81. The Morgan fingerprint density at radius 3 is 2.65 bits per heavy atom. The van der Waals surface area contributed by atoms with Gasteiger partial charge in [0.05, 0.1) is 19.7 Å². The number of carbonyl (C=O) groups excluding carboxylic acids is 1. The first-order chi connectivity index (χ1) is 9.70. The number of Topliss-reactive ketones (excluding diaryl/α,β-unsaturated/α-hetero) is 1. The molecule has 3 nitrogen and oxygen atoms in total. The summed E-state index contributed by atoms with van der Waals surface area (Å²) in [7, 11) is 0. The molecule has 110 valence electrons. The molecule has 0 radical (unpaired) electrons. The van der Waals surface area contributed by atoms with Crippen molar-refractivity contribution in [1.82, 2.24) is 0 Å². The third kappa shape index (κ3) is 4.07. The van der Waals surface area contributed by atoms with Crippen molar-refractivity contribution >= 4 is 5.78 Å². The molecule has 0 amide bonds. The normalized spacial score (nSPS) is 16.1. The summed E-state index contributed by atoms with van der Waals surface area (Å²) in [6, 6.07) is 5.86. The van der Waals surface area contributed by atoms with Crippen LogP contribution < -0.4 is 9.64 Å². The minimum atomic E-state index is 0.127. The molecule has 0 aromatic heterocycles. The maximum Gasteiger partial charge on any atom is 0.159 e. The molecule has 1 heterocycles. The summed E-state index contributed by atoms with van der Waals surface area (Å²) in [5, 5.41) is 0. The first kappa shape index (κ1) is 15.0. The monoisotopic (exact) mass is 276 g/mol. The van der Waals surface area contributed by atoms with Crippen LogP contribution >= 0.6 is 0 Å². The van der Waals surface area contributed by atoms with E-state index in [2.05, 4.69) is 6.92 Å². The maximum absolute atomic E-state index is 11.6. The lowest BCUT2D eigenvalue weighted by Crippen LogP contribution is -3.11. The van der Waals surface area contributed by atoms with Crippen molar-refractivity contribution in [3.8, 4) is 5.75 Å². The predicted octanol–water partition coefficient (Wildman–Crippen LogP) is 2.25. The van der Waals surface area contributed by atoms with E-state index < -0.39 is 0 Å². The molecular formula is C17H26NO2+. The SMILES string of the molecule is CCCOc1ccc(C(C)=O)cc1C[NH+]1CCCCC1. The van der Waals surface area contributed by atoms with Gasteiger partial charge in [-0.3, -0.25) is 4.79 Å². The summed E-state index contributed by atoms with van der Waals surface area (Å²) >= 11 is 0. The number of quaternary nitrogens is 1. The Labute approximate surface area is 121 Å². The number of nitrogens with one attached hydrogen (secondary N) is 1. The predicted molar refractivity (Wildman–Crippen MR) is 80.5 cm³/mol. The summed E-state index contributed by atoms with van der Waals surface area (Å²) in [5.41, 5.74) is 1.98. The topological polar surface area (TPSA) is 30.7 Å². The van der Waals surface area contributed by atoms with Gasteiger partial charge in [-0.25, -0.2) is 0 Å². The molecular weight excluding hydrogens is 250 g/mol. The second-order valence-electron chi connectivity index (χ2n) is 5.71. The first-order valence-electron chi connectivity index (χ1n) is 7.81. The van der Waals surface area contributed by atoms with Crippen LogP contribution in [0.15, 0.2) is 18.2 Å². The van der Waals surface area contributed by atoms with Crippen LogP contribution in [0.3, 0.4) is 0 Å². The van der Waals surface area contributed by atoms with E-state index in [1.165, 1.54) is 37.9 Å². The Kier molecular flexibility index (Phi) is 5.60. The fourth-order valence-corrected chi connectivity index (χ4v) is 2.79. The molecule has 0 saturated carbocycles. The van der Waals surface area contributed by atoms with Crippen LogP contribution in [0.25, 0.3) is 0 Å². The van der Waals surface area contributed by atoms with Gasteiger partial charge in [-0.2, -0.15) is 0 Å². The highest BCUT2D eigenvalue weighted by Gasteiger charge is 2.17. The molecule has 1 aliphatic heterocycles. The lowest BCUT2D eigenvalue weighted by Gasteiger charge is -2.24. The third-order valence-electron chi connectivity index (χ3n) is 3.93. The number of likely N-dealkylation sites (tertiary alicyclic amines) is 1. The zero-order chi connectivity index (χ0) is 14.4. The number of hydrogen-bond donors (Lipinski definition) is 1. The Hall–Kier alpha value is -1.35. The molecule has 1 aliphatic rings. The van der Waals surface area contributed by atoms with E-state index in [-0.39, 0.29) is 5.78 Å². The molecule has 1 N–H and O–H groups in total. The van der Waals surface area contributed by atoms with Crippen molar-refractivity contribution in [3.05, 3.63) is 29.3 Å². The van der Waals surface area contributed by atoms with E-state index in [4.69, 9.17) is 4.74 Å². The summed E-state index contributed by atoms with van der Waals surface area (Å²) in [6.45, 7) is 7.91. The summed E-state index contributed by atoms with van der Waals surface area (Å²) in [4.78, 5) is 13.2. The van der Waals surface area contributed by atoms with E-state index in [1.807, 2.05) is 18.2 Å². The number of carbonyl (C=O) groups is 1. The average Bonchev–Trinajstić information content (AvgIpc) is 2.47. The standard InChI is InChI=1S/C17H25NO2/c1-3-11-20-17-8-7-15(14(2)19)12-16(17)13-18-9-5-4-6-10-18/h7-8,12H,3-6,9-11,13H2,1-2H3/p+1. The Morgan fingerprint density at radius 1 is 1.25 bits per heavy atom. The zero-order valence-corrected chi connectivity index (χ0v) is 12.7. The summed E-state index contributed by atoms with van der Waals surface area (Å²) in [5.74, 6) is 1.08. The van der Waals surface area contributed by atoms with Gasteiger partial charge in [-0.05, 0) is 50.8 Å². The van der Waals surface area contributed by atoms with Crippen molar-refractivity contribution in [1.29, 1.82) is 0 Å². The second kappa shape index (κ2) is 7.44. The van der Waals surface area contributed by atoms with Crippen molar-refractivity contribution in [2.45, 2.75) is 46.1 Å². The van der Waals surface area contributed by atoms with E-state index in [0.717, 1.165) is 30.9 Å². The van der Waals surface area contributed by atoms with E-state index in [9.17, 15) is 4.79 Å². The van der Waals surface area contributed by atoms with Crippen molar-refractivity contribution in [2.75, 3.05) is 19.7 Å². The lowest BCUT2D eigenvalue weighted by molar-refractivity contribution is -0.918. The van der Waals surface area contributed by atoms with Crippen LogP contribution in [0.2, 0.25) is 0 Å². The molecule has 0 aliphatic carbocycles. The molecule has 2 rings (SSSR count). The fraction of sp³-hybridized carbons (Fsp3) is 0.588. The quantitative estimate of drug-likeness (QED) is 0.808. The van der Waals surface area contributed by atoms with Gasteiger partial charge in [0, 0.05) is 11.1 Å². The summed E-state index contributed by atoms with van der Waals surface area (Å²) < 4.78 is 5.84. The van der Waals surface area contributed by atoms with Gasteiger partial charge in [0.25, 0.3) is 0 Å². The highest BCUT2D eigenvalue weighted by molar-refractivity contribution is 5.94. The van der Waals surface area contributed by atoms with Gasteiger partial charge in [0.15, 0.2) is 5.78 Å². The van der Waals surface area contributed by atoms with Gasteiger partial charge in [0.2, 0.25) is 0 Å². The number of hydrogen-bond acceptors (Lipinski definition) is 2. The fourth-order valence-electron chi connectivity index (χ4n) is 2.79. The molecule has 1 fully saturated rings. The van der Waals surface area contributed by atoms with E-state index in [1.54, 1.807) is 11.8 Å². The molecule has 0 spiro atoms. The molecule has 0 bridgehead atoms. The van der Waals surface area contributed by atoms with Crippen LogP contribution in [0, 0.1) is 0 Å². The smallest absolute Gasteiger partial charge is 0.159 e. The largest absolute Gasteiger partial charge is 0.493 e. The number of piperidine rings is 1. The molecule has 1 aromatic rings. The highest BCUT2D eigenvalue weighted by atomic mass is 16.5. The van der Waals surface area contributed by atoms with Crippen molar-refractivity contribution < 1.29 is 14.4 Å². The van der Waals surface area contributed by atoms with Crippen LogP contribution in [-0.4, -0.2) is 25.5 Å². The van der Waals surface area contributed by atoms with E-state index >= 15 is 0 Å². The Balaban J connectivity index is 2.16. The Morgan fingerprint density at radius 2 is 2.00 bits per heavy atom. The van der Waals surface area contributed by atoms with Crippen molar-refractivity contribution in [2.24, 2.45) is 0 Å². The number of ether oxygens (including phenoxy) is 1. The van der Waals surface area contributed by atoms with Gasteiger partial charge in [-0.15, -0.1) is 0 Å². The number of benzene rings is 1. The van der Waals surface area contributed by atoms with Crippen LogP contribution in [0.1, 0.15) is 55.5 Å². The lowest BCUT2D eigenvalue weighted by atomic mass is 10.0. The van der Waals surface area contributed by atoms with E-state index in [0.29, 0.717) is 0 Å². The number of ketones is 1. The number of rotatable bonds is 6. The zero-order valence-electron chi connectivity index (χ0n) is 12.7. The van der Waals surface area contributed by atoms with Crippen LogP contribution in [-0.2, 0) is 6.54 Å². The maximum atomic E-state index is 11.6. The van der Waals surface area contributed by atoms with Crippen LogP contribution in [0.5, 0.6) is 5.75 Å². The minimum absolute atomic E-state index is 0.127. The molecule has 1 saturated heterocycles. The van der Waals surface area contributed by atoms with Crippen molar-refractivity contribution in [3.63, 3.8) is 0 Å². The molecule has 1 aromatic carbocycles. The third-order valence-corrected chi connectivity index (χ3v) is 3.93. The molecule has 20 heavy (non-hydrogen) atoms. The minimum Gasteiger partial charge on any atom is -0.493 e. The molecule has 3 heteroatoms. The van der Waals surface area contributed by atoms with Gasteiger partial charge >= 0.3 is 0 Å². The van der Waals surface area contributed by atoms with Gasteiger partial charge in [-0.1, -0.05) is 6.92 Å². The van der Waals surface area contributed by atoms with Gasteiger partial charge in [0.1, 0.15) is 12.3 Å². The van der Waals surface area contributed by atoms with Crippen LogP contribution in [0.4, 0.5) is 0 Å². The highest BCUT2D eigenvalue weighted by Crippen LogP contribution is 2.20. The molecule has 0 unspecified atom stereocenters. The summed E-state index contributed by atoms with van der Waals surface area (Å²) in [6.07, 6.45) is 4.99. The second-order valence-corrected chi connectivity index (χ2v) is 5.71. The average molecular weight is 276 g/mol. The Bertz CT molecular complexity index is 450.